The number of unbranched alkanes of at least 4 members (excludes halogenated alkanes) is 23. The number of carbonyl (C=O) groups is 2. The summed E-state index contributed by atoms with van der Waals surface area (Å²) in [6.07, 6.45) is 35.4. The van der Waals surface area contributed by atoms with Crippen molar-refractivity contribution in [3.63, 3.8) is 0 Å². The van der Waals surface area contributed by atoms with Crippen molar-refractivity contribution in [1.29, 1.82) is 0 Å². The summed E-state index contributed by atoms with van der Waals surface area (Å²) < 4.78 is 34.2. The average Bonchev–Trinajstić information content (AvgIpc) is 3.09. The summed E-state index contributed by atoms with van der Waals surface area (Å²) in [4.78, 5) is 35.3. The van der Waals surface area contributed by atoms with Crippen LogP contribution in [-0.4, -0.2) is 74.9 Å². The third-order valence-electron chi connectivity index (χ3n) is 9.30. The molecule has 0 radical (unpaired) electrons. The lowest BCUT2D eigenvalue weighted by molar-refractivity contribution is -0.870. The molecule has 0 heterocycles. The molecule has 0 bridgehead atoms. The van der Waals surface area contributed by atoms with E-state index in [0.717, 1.165) is 44.9 Å². The number of likely N-dealkylation sites (N-methyl/N-ethyl adjacent to an activating group) is 1. The Bertz CT molecular complexity index is 907. The number of phosphoric ester groups is 1. The van der Waals surface area contributed by atoms with Crippen molar-refractivity contribution in [3.05, 3.63) is 12.2 Å². The lowest BCUT2D eigenvalue weighted by Crippen LogP contribution is -2.37. The topological polar surface area (TPSA) is 108 Å². The van der Waals surface area contributed by atoms with Crippen LogP contribution in [0.1, 0.15) is 194 Å². The molecule has 0 saturated carbocycles. The number of rotatable bonds is 39. The van der Waals surface area contributed by atoms with Crippen LogP contribution in [-0.2, 0) is 32.7 Å². The van der Waals surface area contributed by atoms with Gasteiger partial charge in [0.2, 0.25) is 0 Å². The monoisotopic (exact) mass is 761 g/mol. The lowest BCUT2D eigenvalue weighted by Gasteiger charge is -2.24. The molecular weight excluding hydrogens is 677 g/mol. The maximum absolute atomic E-state index is 12.6. The third kappa shape index (κ3) is 38.5. The fraction of sp³-hybridized carbons (Fsp3) is 0.905. The second kappa shape index (κ2) is 35.5. The van der Waals surface area contributed by atoms with Gasteiger partial charge in [0.1, 0.15) is 19.8 Å². The molecule has 0 amide bonds. The smallest absolute Gasteiger partial charge is 0.462 e. The molecule has 0 aliphatic heterocycles. The SMILES string of the molecule is CCCCCCCCC/C=C/CCCCCCC(=O)OC[C@H](COP(=O)(O)OCC[N+](C)(C)C)OC(=O)CCCCCCCCCCCCCCC. The highest BCUT2D eigenvalue weighted by Gasteiger charge is 2.27. The summed E-state index contributed by atoms with van der Waals surface area (Å²) in [5.74, 6) is -0.804. The number of esters is 2. The van der Waals surface area contributed by atoms with Gasteiger partial charge in [-0.1, -0.05) is 154 Å². The van der Waals surface area contributed by atoms with Crippen molar-refractivity contribution in [2.24, 2.45) is 0 Å². The van der Waals surface area contributed by atoms with Crippen LogP contribution < -0.4 is 0 Å². The van der Waals surface area contributed by atoms with E-state index in [0.29, 0.717) is 17.4 Å². The molecule has 52 heavy (non-hydrogen) atoms. The first-order valence-corrected chi connectivity index (χ1v) is 22.9. The number of hydrogen-bond donors (Lipinski definition) is 1. The number of quaternary nitrogens is 1. The van der Waals surface area contributed by atoms with E-state index in [1.54, 1.807) is 0 Å². The number of carbonyl (C=O) groups excluding carboxylic acids is 2. The molecule has 2 atom stereocenters. The Morgan fingerprint density at radius 3 is 1.42 bits per heavy atom. The molecule has 10 heteroatoms. The zero-order valence-electron chi connectivity index (χ0n) is 34.6. The van der Waals surface area contributed by atoms with E-state index in [-0.39, 0.29) is 32.0 Å². The zero-order chi connectivity index (χ0) is 38.6. The molecule has 0 spiro atoms. The normalized spacial score (nSPS) is 13.7. The van der Waals surface area contributed by atoms with Gasteiger partial charge in [0.05, 0.1) is 27.7 Å². The largest absolute Gasteiger partial charge is 0.472 e. The van der Waals surface area contributed by atoms with Crippen molar-refractivity contribution < 1.29 is 42.1 Å². The molecule has 1 unspecified atom stereocenters. The Labute approximate surface area is 320 Å². The highest BCUT2D eigenvalue weighted by molar-refractivity contribution is 7.47. The fourth-order valence-electron chi connectivity index (χ4n) is 5.89. The summed E-state index contributed by atoms with van der Waals surface area (Å²) in [7, 11) is 1.48. The van der Waals surface area contributed by atoms with Crippen molar-refractivity contribution in [2.45, 2.75) is 200 Å². The molecular formula is C42H83NO8P+. The quantitative estimate of drug-likeness (QED) is 0.0217. The number of nitrogens with zero attached hydrogens (tertiary/aromatic N) is 1. The van der Waals surface area contributed by atoms with Gasteiger partial charge in [0.25, 0.3) is 0 Å². The number of hydrogen-bond acceptors (Lipinski definition) is 7. The van der Waals surface area contributed by atoms with E-state index in [1.807, 2.05) is 21.1 Å². The molecule has 0 aliphatic rings. The van der Waals surface area contributed by atoms with Crippen LogP contribution in [0.15, 0.2) is 12.2 Å². The molecule has 1 N–H and O–H groups in total. The van der Waals surface area contributed by atoms with Crippen molar-refractivity contribution in [1.82, 2.24) is 0 Å². The number of phosphoric acid groups is 1. The molecule has 0 fully saturated rings. The maximum Gasteiger partial charge on any atom is 0.472 e. The lowest BCUT2D eigenvalue weighted by atomic mass is 10.0. The van der Waals surface area contributed by atoms with Gasteiger partial charge >= 0.3 is 19.8 Å². The summed E-state index contributed by atoms with van der Waals surface area (Å²) in [5, 5.41) is 0. The van der Waals surface area contributed by atoms with E-state index in [2.05, 4.69) is 26.0 Å². The standard InChI is InChI=1S/C42H82NO8P/c1-6-8-10-12-14-16-18-20-21-23-24-26-28-30-32-34-41(44)48-38-40(39-50-52(46,47)49-37-36-43(3,4)5)51-42(45)35-33-31-29-27-25-22-19-17-15-13-11-9-7-2/h21,23,40H,6-20,22,24-39H2,1-5H3/p+1/b23-21+/t40-/m1/s1. The first-order valence-electron chi connectivity index (χ1n) is 21.4. The van der Waals surface area contributed by atoms with Gasteiger partial charge in [-0.3, -0.25) is 18.6 Å². The van der Waals surface area contributed by atoms with Crippen molar-refractivity contribution in [2.75, 3.05) is 47.5 Å². The van der Waals surface area contributed by atoms with E-state index in [1.165, 1.54) is 116 Å². The van der Waals surface area contributed by atoms with Gasteiger partial charge in [-0.2, -0.15) is 0 Å². The minimum absolute atomic E-state index is 0.0330. The van der Waals surface area contributed by atoms with Crippen LogP contribution in [0.25, 0.3) is 0 Å². The zero-order valence-corrected chi connectivity index (χ0v) is 35.5. The van der Waals surface area contributed by atoms with Crippen molar-refractivity contribution >= 4 is 19.8 Å². The Kier molecular flexibility index (Phi) is 34.6. The van der Waals surface area contributed by atoms with Gasteiger partial charge in [-0.15, -0.1) is 0 Å². The molecule has 0 saturated heterocycles. The highest BCUT2D eigenvalue weighted by Crippen LogP contribution is 2.43. The minimum atomic E-state index is -4.37. The summed E-state index contributed by atoms with van der Waals surface area (Å²) in [6.45, 7) is 4.42. The van der Waals surface area contributed by atoms with E-state index in [9.17, 15) is 19.0 Å². The van der Waals surface area contributed by atoms with Crippen LogP contribution in [0.3, 0.4) is 0 Å². The van der Waals surface area contributed by atoms with Crippen LogP contribution in [0, 0.1) is 0 Å². The van der Waals surface area contributed by atoms with Crippen LogP contribution in [0.4, 0.5) is 0 Å². The molecule has 0 aromatic rings. The highest BCUT2D eigenvalue weighted by atomic mass is 31.2. The summed E-state index contributed by atoms with van der Waals surface area (Å²) >= 11 is 0. The second-order valence-electron chi connectivity index (χ2n) is 15.7. The molecule has 0 aromatic heterocycles. The Morgan fingerprint density at radius 2 is 0.981 bits per heavy atom. The molecule has 0 rings (SSSR count). The summed E-state index contributed by atoms with van der Waals surface area (Å²) in [5.41, 5.74) is 0. The second-order valence-corrected chi connectivity index (χ2v) is 17.2. The van der Waals surface area contributed by atoms with Gasteiger partial charge in [-0.25, -0.2) is 4.57 Å². The molecule has 0 aliphatic carbocycles. The maximum atomic E-state index is 12.6. The number of allylic oxidation sites excluding steroid dienone is 2. The van der Waals surface area contributed by atoms with E-state index >= 15 is 0 Å². The molecule has 9 nitrogen and oxygen atoms in total. The van der Waals surface area contributed by atoms with Gasteiger partial charge < -0.3 is 18.9 Å². The Hall–Kier alpha value is -1.25. The predicted octanol–water partition coefficient (Wildman–Crippen LogP) is 11.8. The molecule has 0 aromatic carbocycles. The van der Waals surface area contributed by atoms with Crippen LogP contribution in [0.2, 0.25) is 0 Å². The minimum Gasteiger partial charge on any atom is -0.462 e. The third-order valence-corrected chi connectivity index (χ3v) is 10.3. The Morgan fingerprint density at radius 1 is 0.577 bits per heavy atom. The predicted molar refractivity (Wildman–Crippen MR) is 215 cm³/mol. The fourth-order valence-corrected chi connectivity index (χ4v) is 6.63. The van der Waals surface area contributed by atoms with Gasteiger partial charge in [0, 0.05) is 12.8 Å². The van der Waals surface area contributed by atoms with Crippen LogP contribution in [0.5, 0.6) is 0 Å². The van der Waals surface area contributed by atoms with Crippen molar-refractivity contribution in [3.8, 4) is 0 Å². The molecule has 308 valence electrons. The number of ether oxygens (including phenoxy) is 2. The Balaban J connectivity index is 4.37. The van der Waals surface area contributed by atoms with E-state index in [4.69, 9.17) is 18.5 Å². The first kappa shape index (κ1) is 50.8. The summed E-state index contributed by atoms with van der Waals surface area (Å²) in [6, 6.07) is 0. The average molecular weight is 761 g/mol. The van der Waals surface area contributed by atoms with Gasteiger partial charge in [-0.05, 0) is 38.5 Å². The van der Waals surface area contributed by atoms with Crippen LogP contribution >= 0.6 is 7.82 Å². The first-order chi connectivity index (χ1) is 25.0. The van der Waals surface area contributed by atoms with E-state index < -0.39 is 26.5 Å². The van der Waals surface area contributed by atoms with Gasteiger partial charge in [0.15, 0.2) is 6.10 Å².